The van der Waals surface area contributed by atoms with E-state index < -0.39 is 36.0 Å². The summed E-state index contributed by atoms with van der Waals surface area (Å²) in [5.41, 5.74) is 17.8. The molecule has 0 saturated heterocycles. The van der Waals surface area contributed by atoms with Crippen LogP contribution in [0.25, 0.3) is 0 Å². The molecule has 10 nitrogen and oxygen atoms in total. The Morgan fingerprint density at radius 2 is 0.914 bits per heavy atom. The van der Waals surface area contributed by atoms with Gasteiger partial charge in [-0.3, -0.25) is 14.4 Å². The summed E-state index contributed by atoms with van der Waals surface area (Å²) in [5.74, 6) is -2.47. The lowest BCUT2D eigenvalue weighted by atomic mass is 10.1. The molecule has 0 aromatic heterocycles. The zero-order valence-corrected chi connectivity index (χ0v) is 20.4. The monoisotopic (exact) mass is 493 g/mol. The van der Waals surface area contributed by atoms with E-state index in [0.717, 1.165) is 18.2 Å². The molecule has 2 rings (SSSR count). The molecular formula is C25H39N3O7. The Kier molecular flexibility index (Phi) is 19.4. The summed E-state index contributed by atoms with van der Waals surface area (Å²) in [7, 11) is 1.00. The second kappa shape index (κ2) is 20.1. The van der Waals surface area contributed by atoms with E-state index in [1.165, 1.54) is 0 Å². The molecule has 0 unspecified atom stereocenters. The van der Waals surface area contributed by atoms with E-state index in [1.54, 1.807) is 0 Å². The van der Waals surface area contributed by atoms with Gasteiger partial charge in [-0.25, -0.2) is 0 Å². The van der Waals surface area contributed by atoms with Crippen molar-refractivity contribution in [2.24, 2.45) is 23.1 Å². The minimum atomic E-state index is -0.959. The van der Waals surface area contributed by atoms with Gasteiger partial charge in [-0.2, -0.15) is 0 Å². The second-order valence-corrected chi connectivity index (χ2v) is 7.84. The van der Waals surface area contributed by atoms with Crippen LogP contribution in [0.2, 0.25) is 0 Å². The number of carboxylic acids is 3. The molecule has 0 aliphatic rings. The first kappa shape index (κ1) is 33.9. The lowest BCUT2D eigenvalue weighted by Gasteiger charge is -2.07. The highest BCUT2D eigenvalue weighted by Crippen LogP contribution is 2.03. The SMILES string of the molecule is CC(C)C[C@H](N)C(=O)O.CO.N[C@@H](Cc1ccccc1)C(=O)O.N[C@@H](Cc1ccccc1)C(=O)O. The van der Waals surface area contributed by atoms with Crippen LogP contribution in [0, 0.1) is 5.92 Å². The van der Waals surface area contributed by atoms with Gasteiger partial charge >= 0.3 is 17.9 Å². The third-order valence-electron chi connectivity index (χ3n) is 4.27. The molecule has 0 aliphatic carbocycles. The highest BCUT2D eigenvalue weighted by Gasteiger charge is 2.12. The average Bonchev–Trinajstić information content (AvgIpc) is 2.82. The molecule has 0 aliphatic heterocycles. The van der Waals surface area contributed by atoms with Crippen molar-refractivity contribution in [3.63, 3.8) is 0 Å². The molecule has 0 saturated carbocycles. The van der Waals surface area contributed by atoms with Crippen molar-refractivity contribution >= 4 is 17.9 Å². The van der Waals surface area contributed by atoms with Crippen molar-refractivity contribution in [2.45, 2.75) is 51.2 Å². The van der Waals surface area contributed by atoms with Crippen LogP contribution < -0.4 is 17.2 Å². The van der Waals surface area contributed by atoms with Gasteiger partial charge in [0.2, 0.25) is 0 Å². The molecule has 0 heterocycles. The molecule has 2 aromatic carbocycles. The first-order chi connectivity index (χ1) is 16.4. The van der Waals surface area contributed by atoms with Gasteiger partial charge in [0.25, 0.3) is 0 Å². The predicted octanol–water partition coefficient (Wildman–Crippen LogP) is 1.33. The van der Waals surface area contributed by atoms with Gasteiger partial charge in [0.15, 0.2) is 0 Å². The Labute approximate surface area is 206 Å². The number of benzene rings is 2. The predicted molar refractivity (Wildman–Crippen MR) is 135 cm³/mol. The maximum atomic E-state index is 10.4. The standard InChI is InChI=1S/2C9H11NO2.C6H13NO2.CH4O/c2*10-8(9(11)12)6-7-4-2-1-3-5-7;1-4(2)3-5(7)6(8)9;1-2/h2*1-5,8H,6,10H2,(H,11,12);4-5H,3,7H2,1-2H3,(H,8,9);2H,1H3/t2*8-;5-;/m000./s1. The lowest BCUT2D eigenvalue weighted by Crippen LogP contribution is -2.32. The fraction of sp³-hybridized carbons (Fsp3) is 0.400. The fourth-order valence-corrected chi connectivity index (χ4v) is 2.52. The molecule has 3 atom stereocenters. The topological polar surface area (TPSA) is 210 Å². The van der Waals surface area contributed by atoms with Gasteiger partial charge in [0.05, 0.1) is 0 Å². The number of aliphatic hydroxyl groups is 1. The smallest absolute Gasteiger partial charge is 0.320 e. The molecule has 2 aromatic rings. The third kappa shape index (κ3) is 18.8. The maximum Gasteiger partial charge on any atom is 0.320 e. The quantitative estimate of drug-likeness (QED) is 0.266. The van der Waals surface area contributed by atoms with E-state index in [0.29, 0.717) is 25.2 Å². The van der Waals surface area contributed by atoms with E-state index in [2.05, 4.69) is 0 Å². The second-order valence-electron chi connectivity index (χ2n) is 7.84. The molecule has 196 valence electrons. The largest absolute Gasteiger partial charge is 0.480 e. The van der Waals surface area contributed by atoms with Crippen LogP contribution in [-0.4, -0.2) is 63.6 Å². The van der Waals surface area contributed by atoms with Crippen molar-refractivity contribution in [1.29, 1.82) is 0 Å². The first-order valence-corrected chi connectivity index (χ1v) is 10.9. The average molecular weight is 494 g/mol. The number of carboxylic acid groups (broad SMARTS) is 3. The minimum absolute atomic E-state index is 0.357. The Balaban J connectivity index is 0. The number of nitrogens with two attached hydrogens (primary N) is 3. The summed E-state index contributed by atoms with van der Waals surface area (Å²) >= 11 is 0. The molecule has 35 heavy (non-hydrogen) atoms. The molecule has 0 fully saturated rings. The van der Waals surface area contributed by atoms with Crippen LogP contribution in [-0.2, 0) is 27.2 Å². The number of carbonyl (C=O) groups is 3. The van der Waals surface area contributed by atoms with Crippen molar-refractivity contribution in [3.8, 4) is 0 Å². The maximum absolute atomic E-state index is 10.4. The lowest BCUT2D eigenvalue weighted by molar-refractivity contribution is -0.139. The van der Waals surface area contributed by atoms with Crippen molar-refractivity contribution in [3.05, 3.63) is 71.8 Å². The Hall–Kier alpha value is -3.31. The van der Waals surface area contributed by atoms with Crippen LogP contribution in [0.15, 0.2) is 60.7 Å². The van der Waals surface area contributed by atoms with E-state index in [-0.39, 0.29) is 0 Å². The Bertz CT molecular complexity index is 776. The van der Waals surface area contributed by atoms with E-state index >= 15 is 0 Å². The van der Waals surface area contributed by atoms with Gasteiger partial charge in [-0.1, -0.05) is 74.5 Å². The third-order valence-corrected chi connectivity index (χ3v) is 4.27. The molecule has 10 N–H and O–H groups in total. The molecule has 0 amide bonds. The van der Waals surface area contributed by atoms with Gasteiger partial charge in [-0.15, -0.1) is 0 Å². The van der Waals surface area contributed by atoms with E-state index in [4.69, 9.17) is 37.6 Å². The van der Waals surface area contributed by atoms with Crippen molar-refractivity contribution in [1.82, 2.24) is 0 Å². The highest BCUT2D eigenvalue weighted by molar-refractivity contribution is 5.74. The zero-order chi connectivity index (χ0) is 27.4. The van der Waals surface area contributed by atoms with Crippen molar-refractivity contribution in [2.75, 3.05) is 7.11 Å². The van der Waals surface area contributed by atoms with Crippen LogP contribution in [0.5, 0.6) is 0 Å². The molecule has 0 spiro atoms. The number of aliphatic hydroxyl groups excluding tert-OH is 1. The Morgan fingerprint density at radius 3 is 1.11 bits per heavy atom. The van der Waals surface area contributed by atoms with Crippen LogP contribution in [0.4, 0.5) is 0 Å². The number of hydrogen-bond acceptors (Lipinski definition) is 7. The van der Waals surface area contributed by atoms with E-state index in [1.807, 2.05) is 74.5 Å². The number of aliphatic carboxylic acids is 3. The molecule has 0 bridgehead atoms. The van der Waals surface area contributed by atoms with E-state index in [9.17, 15) is 14.4 Å². The van der Waals surface area contributed by atoms with Crippen molar-refractivity contribution < 1.29 is 34.8 Å². The molecule has 0 radical (unpaired) electrons. The summed E-state index contributed by atoms with van der Waals surface area (Å²) in [6.45, 7) is 3.89. The first-order valence-electron chi connectivity index (χ1n) is 10.9. The van der Waals surface area contributed by atoms with Gasteiger partial charge in [-0.05, 0) is 36.3 Å². The fourth-order valence-electron chi connectivity index (χ4n) is 2.52. The zero-order valence-electron chi connectivity index (χ0n) is 20.4. The number of hydrogen-bond donors (Lipinski definition) is 7. The summed E-state index contributed by atoms with van der Waals surface area (Å²) in [6, 6.07) is 16.4. The summed E-state index contributed by atoms with van der Waals surface area (Å²) in [5, 5.41) is 32.3. The van der Waals surface area contributed by atoms with Crippen LogP contribution in [0.3, 0.4) is 0 Å². The van der Waals surface area contributed by atoms with Gasteiger partial charge in [0, 0.05) is 7.11 Å². The molecule has 10 heteroatoms. The van der Waals surface area contributed by atoms with Crippen LogP contribution in [0.1, 0.15) is 31.4 Å². The van der Waals surface area contributed by atoms with Gasteiger partial charge in [0.1, 0.15) is 18.1 Å². The summed E-state index contributed by atoms with van der Waals surface area (Å²) in [4.78, 5) is 30.9. The molecular weight excluding hydrogens is 454 g/mol. The Morgan fingerprint density at radius 1 is 0.629 bits per heavy atom. The minimum Gasteiger partial charge on any atom is -0.480 e. The highest BCUT2D eigenvalue weighted by atomic mass is 16.4. The normalized spacial score (nSPS) is 12.2. The van der Waals surface area contributed by atoms with Crippen LogP contribution >= 0.6 is 0 Å². The summed E-state index contributed by atoms with van der Waals surface area (Å²) < 4.78 is 0. The summed E-state index contributed by atoms with van der Waals surface area (Å²) in [6.07, 6.45) is 1.32. The number of rotatable bonds is 9. The van der Waals surface area contributed by atoms with Gasteiger partial charge < -0.3 is 37.6 Å².